The van der Waals surface area contributed by atoms with E-state index in [0.29, 0.717) is 5.56 Å². The van der Waals surface area contributed by atoms with Crippen molar-refractivity contribution in [3.05, 3.63) is 75.6 Å². The number of halogens is 2. The zero-order chi connectivity index (χ0) is 18.1. The average Bonchev–Trinajstić information content (AvgIpc) is 2.58. The maximum Gasteiger partial charge on any atom is 0.344 e. The lowest BCUT2D eigenvalue weighted by Gasteiger charge is -2.15. The molecule has 25 heavy (non-hydrogen) atoms. The van der Waals surface area contributed by atoms with Gasteiger partial charge in [0.25, 0.3) is 0 Å². The number of ether oxygens (including phenoxy) is 1. The molecule has 3 aromatic rings. The summed E-state index contributed by atoms with van der Waals surface area (Å²) in [5.74, 6) is -3.40. The van der Waals surface area contributed by atoms with Gasteiger partial charge in [-0.3, -0.25) is 4.79 Å². The Kier molecular flexibility index (Phi) is 4.22. The van der Waals surface area contributed by atoms with Crippen molar-refractivity contribution in [3.8, 4) is 5.75 Å². The molecule has 0 saturated heterocycles. The fraction of sp³-hybridized carbons (Fsp3) is 0.111. The van der Waals surface area contributed by atoms with Crippen molar-refractivity contribution in [2.24, 2.45) is 0 Å². The van der Waals surface area contributed by atoms with E-state index < -0.39 is 28.7 Å². The van der Waals surface area contributed by atoms with Gasteiger partial charge in [-0.25, -0.2) is 9.18 Å². The minimum Gasteiger partial charge on any atom is -0.494 e. The molecule has 0 spiro atoms. The Morgan fingerprint density at radius 2 is 1.92 bits per heavy atom. The molecule has 0 amide bonds. The van der Waals surface area contributed by atoms with Crippen molar-refractivity contribution >= 4 is 16.9 Å². The van der Waals surface area contributed by atoms with Crippen molar-refractivity contribution in [2.45, 2.75) is 6.54 Å². The molecule has 5 nitrogen and oxygen atoms in total. The zero-order valence-electron chi connectivity index (χ0n) is 13.1. The number of benzene rings is 2. The molecule has 0 fully saturated rings. The highest BCUT2D eigenvalue weighted by atomic mass is 19.1. The first-order chi connectivity index (χ1) is 11.9. The summed E-state index contributed by atoms with van der Waals surface area (Å²) in [7, 11) is 1.33. The van der Waals surface area contributed by atoms with Gasteiger partial charge in [-0.15, -0.1) is 0 Å². The molecule has 0 bridgehead atoms. The largest absolute Gasteiger partial charge is 0.494 e. The van der Waals surface area contributed by atoms with Gasteiger partial charge in [-0.05, 0) is 29.8 Å². The number of nitrogens with zero attached hydrogens (tertiary/aromatic N) is 1. The quantitative estimate of drug-likeness (QED) is 0.738. The van der Waals surface area contributed by atoms with Crippen LogP contribution in [0.15, 0.2) is 47.3 Å². The average molecular weight is 345 g/mol. The molecule has 1 heterocycles. The maximum absolute atomic E-state index is 14.7. The molecule has 7 heteroatoms. The van der Waals surface area contributed by atoms with Crippen LogP contribution in [0.4, 0.5) is 8.78 Å². The van der Waals surface area contributed by atoms with E-state index in [4.69, 9.17) is 4.74 Å². The molecule has 0 saturated carbocycles. The van der Waals surface area contributed by atoms with Crippen molar-refractivity contribution in [2.75, 3.05) is 7.11 Å². The van der Waals surface area contributed by atoms with E-state index in [1.165, 1.54) is 37.4 Å². The summed E-state index contributed by atoms with van der Waals surface area (Å²) in [5, 5.41) is 9.26. The molecular formula is C18H13F2NO4. The van der Waals surface area contributed by atoms with Crippen LogP contribution in [0.1, 0.15) is 15.9 Å². The molecule has 3 rings (SSSR count). The zero-order valence-corrected chi connectivity index (χ0v) is 13.1. The van der Waals surface area contributed by atoms with Crippen LogP contribution in [0.3, 0.4) is 0 Å². The van der Waals surface area contributed by atoms with E-state index in [1.54, 1.807) is 12.1 Å². The lowest BCUT2D eigenvalue weighted by atomic mass is 10.1. The minimum absolute atomic E-state index is 0.0419. The first-order valence-electron chi connectivity index (χ1n) is 7.30. The second-order valence-electron chi connectivity index (χ2n) is 5.37. The smallest absolute Gasteiger partial charge is 0.344 e. The van der Waals surface area contributed by atoms with Gasteiger partial charge in [0, 0.05) is 5.39 Å². The van der Waals surface area contributed by atoms with Gasteiger partial charge in [-0.1, -0.05) is 18.2 Å². The fourth-order valence-corrected chi connectivity index (χ4v) is 2.70. The summed E-state index contributed by atoms with van der Waals surface area (Å²) in [6.45, 7) is -0.145. The minimum atomic E-state index is -1.65. The number of pyridine rings is 1. The van der Waals surface area contributed by atoms with Crippen LogP contribution in [0.2, 0.25) is 0 Å². The molecule has 0 unspecified atom stereocenters. The van der Waals surface area contributed by atoms with Crippen molar-refractivity contribution in [1.29, 1.82) is 0 Å². The van der Waals surface area contributed by atoms with Gasteiger partial charge in [0.1, 0.15) is 0 Å². The van der Waals surface area contributed by atoms with Crippen LogP contribution in [0.25, 0.3) is 10.9 Å². The molecule has 128 valence electrons. The van der Waals surface area contributed by atoms with Crippen LogP contribution in [0.5, 0.6) is 5.75 Å². The number of para-hydroxylation sites is 1. The first-order valence-corrected chi connectivity index (χ1v) is 7.30. The summed E-state index contributed by atoms with van der Waals surface area (Å²) >= 11 is 0. The van der Waals surface area contributed by atoms with E-state index in [2.05, 4.69) is 0 Å². The van der Waals surface area contributed by atoms with Crippen LogP contribution < -0.4 is 10.2 Å². The van der Waals surface area contributed by atoms with Gasteiger partial charge in [0.05, 0.1) is 19.2 Å². The van der Waals surface area contributed by atoms with Gasteiger partial charge < -0.3 is 14.4 Å². The van der Waals surface area contributed by atoms with E-state index in [1.807, 2.05) is 0 Å². The number of fused-ring (bicyclic) bond motifs is 1. The van der Waals surface area contributed by atoms with Crippen molar-refractivity contribution < 1.29 is 23.4 Å². The highest BCUT2D eigenvalue weighted by Crippen LogP contribution is 2.21. The first kappa shape index (κ1) is 16.6. The number of hydrogen-bond acceptors (Lipinski definition) is 3. The summed E-state index contributed by atoms with van der Waals surface area (Å²) in [4.78, 5) is 23.5. The summed E-state index contributed by atoms with van der Waals surface area (Å²) in [6, 6.07) is 10.2. The third kappa shape index (κ3) is 2.84. The van der Waals surface area contributed by atoms with Crippen LogP contribution >= 0.6 is 0 Å². The van der Waals surface area contributed by atoms with E-state index in [-0.39, 0.29) is 23.2 Å². The number of hydrogen-bond donors (Lipinski definition) is 1. The Bertz CT molecular complexity index is 1040. The second kappa shape index (κ2) is 6.35. The molecule has 0 aliphatic heterocycles. The molecule has 0 radical (unpaired) electrons. The topological polar surface area (TPSA) is 68.5 Å². The van der Waals surface area contributed by atoms with Crippen molar-refractivity contribution in [1.82, 2.24) is 4.57 Å². The monoisotopic (exact) mass is 345 g/mol. The number of carbonyl (C=O) groups is 1. The molecule has 2 aromatic carbocycles. The van der Waals surface area contributed by atoms with Crippen LogP contribution in [-0.2, 0) is 6.54 Å². The Morgan fingerprint density at radius 1 is 1.20 bits per heavy atom. The summed E-state index contributed by atoms with van der Waals surface area (Å²) in [5.41, 5.74) is -1.21. The fourth-order valence-electron chi connectivity index (χ4n) is 2.70. The number of carboxylic acid groups (broad SMARTS) is 1. The Morgan fingerprint density at radius 3 is 2.56 bits per heavy atom. The lowest BCUT2D eigenvalue weighted by molar-refractivity contribution is 0.0688. The standard InChI is InChI=1S/C18H13F2NO4/c1-25-14-7-6-10(8-12(14)19)9-21-13-5-3-2-4-11(13)16(22)15(17(21)20)18(23)24/h2-8H,9H2,1H3,(H,23,24). The normalized spacial score (nSPS) is 10.8. The number of methoxy groups -OCH3 is 1. The molecule has 0 atom stereocenters. The van der Waals surface area contributed by atoms with Crippen LogP contribution in [-0.4, -0.2) is 22.8 Å². The number of rotatable bonds is 4. The third-order valence-corrected chi connectivity index (χ3v) is 3.88. The maximum atomic E-state index is 14.7. The summed E-state index contributed by atoms with van der Waals surface area (Å²) in [6.07, 6.45) is 0. The molecule has 0 aliphatic rings. The SMILES string of the molecule is COc1ccc(Cn2c(F)c(C(=O)O)c(=O)c3ccccc32)cc1F. The summed E-state index contributed by atoms with van der Waals surface area (Å²) < 4.78 is 34.5. The van der Waals surface area contributed by atoms with Gasteiger partial charge in [0.2, 0.25) is 11.4 Å². The van der Waals surface area contributed by atoms with E-state index in [0.717, 1.165) is 4.57 Å². The highest BCUT2D eigenvalue weighted by molar-refractivity contribution is 5.92. The van der Waals surface area contributed by atoms with Gasteiger partial charge in [-0.2, -0.15) is 4.39 Å². The molecular weight excluding hydrogens is 332 g/mol. The second-order valence-corrected chi connectivity index (χ2v) is 5.37. The molecule has 0 aliphatic carbocycles. The predicted molar refractivity (Wildman–Crippen MR) is 87.2 cm³/mol. The number of aromatic carboxylic acids is 1. The van der Waals surface area contributed by atoms with Crippen molar-refractivity contribution in [3.63, 3.8) is 0 Å². The Hall–Kier alpha value is -3.22. The molecule has 1 N–H and O–H groups in total. The predicted octanol–water partition coefficient (Wildman–Crippen LogP) is 3.03. The van der Waals surface area contributed by atoms with Gasteiger partial charge in [0.15, 0.2) is 17.1 Å². The highest BCUT2D eigenvalue weighted by Gasteiger charge is 2.22. The number of aromatic nitrogens is 1. The third-order valence-electron chi connectivity index (χ3n) is 3.88. The van der Waals surface area contributed by atoms with Crippen LogP contribution in [0, 0.1) is 11.8 Å². The Labute approximate surface area is 140 Å². The molecule has 1 aromatic heterocycles. The number of carboxylic acids is 1. The van der Waals surface area contributed by atoms with E-state index >= 15 is 0 Å². The Balaban J connectivity index is 2.23. The lowest BCUT2D eigenvalue weighted by Crippen LogP contribution is -2.23. The van der Waals surface area contributed by atoms with Gasteiger partial charge >= 0.3 is 5.97 Å². The van der Waals surface area contributed by atoms with E-state index in [9.17, 15) is 23.5 Å².